The number of rotatable bonds is 2. The number of aromatic nitrogens is 2. The van der Waals surface area contributed by atoms with E-state index in [1.54, 1.807) is 17.0 Å². The Morgan fingerprint density at radius 1 is 1.32 bits per heavy atom. The van der Waals surface area contributed by atoms with Gasteiger partial charge in [0.05, 0.1) is 6.04 Å². The topological polar surface area (TPSA) is 49.3 Å². The first-order valence-corrected chi connectivity index (χ1v) is 8.71. The Bertz CT molecular complexity index is 810. The van der Waals surface area contributed by atoms with Crippen molar-refractivity contribution < 1.29 is 9.18 Å². The summed E-state index contributed by atoms with van der Waals surface area (Å²) in [5, 5.41) is 0. The molecule has 0 radical (unpaired) electrons. The van der Waals surface area contributed by atoms with Crippen LogP contribution in [0.5, 0.6) is 0 Å². The number of carbonyl (C=O) groups excluding carboxylic acids is 1. The summed E-state index contributed by atoms with van der Waals surface area (Å²) in [5.41, 5.74) is 2.64. The first kappa shape index (κ1) is 16.1. The third-order valence-electron chi connectivity index (χ3n) is 5.03. The summed E-state index contributed by atoms with van der Waals surface area (Å²) in [7, 11) is 2.09. The van der Waals surface area contributed by atoms with E-state index in [4.69, 9.17) is 4.98 Å². The van der Waals surface area contributed by atoms with Gasteiger partial charge < -0.3 is 9.80 Å². The first-order chi connectivity index (χ1) is 12.1. The van der Waals surface area contributed by atoms with Crippen molar-refractivity contribution in [1.82, 2.24) is 19.8 Å². The Morgan fingerprint density at radius 2 is 2.20 bits per heavy atom. The maximum absolute atomic E-state index is 13.5. The van der Waals surface area contributed by atoms with Gasteiger partial charge in [-0.15, -0.1) is 0 Å². The highest BCUT2D eigenvalue weighted by atomic mass is 19.1. The van der Waals surface area contributed by atoms with Crippen LogP contribution in [0.4, 0.5) is 4.39 Å². The van der Waals surface area contributed by atoms with Gasteiger partial charge in [-0.2, -0.15) is 0 Å². The Kier molecular flexibility index (Phi) is 4.21. The molecule has 2 aliphatic heterocycles. The van der Waals surface area contributed by atoms with Crippen LogP contribution < -0.4 is 0 Å². The molecule has 1 amide bonds. The molecule has 0 N–H and O–H groups in total. The molecule has 0 spiro atoms. The summed E-state index contributed by atoms with van der Waals surface area (Å²) in [6.45, 7) is 2.51. The van der Waals surface area contributed by atoms with E-state index < -0.39 is 5.82 Å². The van der Waals surface area contributed by atoms with Crippen molar-refractivity contribution in [3.8, 4) is 0 Å². The molecule has 6 heteroatoms. The highest BCUT2D eigenvalue weighted by molar-refractivity contribution is 5.94. The molecule has 0 saturated carbocycles. The number of likely N-dealkylation sites (tertiary alicyclic amines) is 1. The van der Waals surface area contributed by atoms with Gasteiger partial charge in [0.25, 0.3) is 5.91 Å². The fraction of sp³-hybridized carbons (Fsp3) is 0.421. The molecule has 2 aliphatic rings. The van der Waals surface area contributed by atoms with E-state index in [1.807, 2.05) is 6.20 Å². The van der Waals surface area contributed by atoms with E-state index in [1.165, 1.54) is 17.7 Å². The number of benzene rings is 1. The lowest BCUT2D eigenvalue weighted by Gasteiger charge is -2.27. The molecule has 5 nitrogen and oxygen atoms in total. The van der Waals surface area contributed by atoms with Crippen LogP contribution >= 0.6 is 0 Å². The number of hydrogen-bond donors (Lipinski definition) is 0. The quantitative estimate of drug-likeness (QED) is 0.843. The van der Waals surface area contributed by atoms with Crippen LogP contribution in [0.2, 0.25) is 0 Å². The molecule has 0 bridgehead atoms. The maximum Gasteiger partial charge on any atom is 0.254 e. The average Bonchev–Trinajstić information content (AvgIpc) is 3.10. The second kappa shape index (κ2) is 6.52. The van der Waals surface area contributed by atoms with Crippen molar-refractivity contribution in [2.24, 2.45) is 0 Å². The predicted octanol–water partition coefficient (Wildman–Crippen LogP) is 2.58. The molecule has 4 rings (SSSR count). The number of fused-ring (bicyclic) bond motifs is 1. The van der Waals surface area contributed by atoms with E-state index >= 15 is 0 Å². The lowest BCUT2D eigenvalue weighted by atomic mass is 10.1. The summed E-state index contributed by atoms with van der Waals surface area (Å²) < 4.78 is 13.5. The summed E-state index contributed by atoms with van der Waals surface area (Å²) >= 11 is 0. The monoisotopic (exact) mass is 340 g/mol. The van der Waals surface area contributed by atoms with Crippen molar-refractivity contribution in [2.75, 3.05) is 20.1 Å². The molecule has 130 valence electrons. The highest BCUT2D eigenvalue weighted by Gasteiger charge is 2.33. The summed E-state index contributed by atoms with van der Waals surface area (Å²) in [6.07, 6.45) is 4.57. The van der Waals surface area contributed by atoms with Crippen molar-refractivity contribution in [2.45, 2.75) is 31.8 Å². The fourth-order valence-electron chi connectivity index (χ4n) is 3.70. The zero-order valence-electron chi connectivity index (χ0n) is 14.3. The van der Waals surface area contributed by atoms with Crippen molar-refractivity contribution >= 4 is 5.91 Å². The third-order valence-corrected chi connectivity index (χ3v) is 5.03. The van der Waals surface area contributed by atoms with E-state index in [2.05, 4.69) is 16.9 Å². The molecular formula is C19H21FN4O. The van der Waals surface area contributed by atoms with Gasteiger partial charge in [-0.25, -0.2) is 14.4 Å². The molecule has 0 unspecified atom stereocenters. The molecule has 0 aliphatic carbocycles. The van der Waals surface area contributed by atoms with Gasteiger partial charge in [0.1, 0.15) is 5.82 Å². The Hall–Kier alpha value is -2.34. The molecule has 1 atom stereocenters. The number of likely N-dealkylation sites (N-methyl/N-ethyl adjacent to an activating group) is 1. The normalized spacial score (nSPS) is 20.6. The smallest absolute Gasteiger partial charge is 0.254 e. The lowest BCUT2D eigenvalue weighted by Crippen LogP contribution is -2.33. The molecule has 1 fully saturated rings. The van der Waals surface area contributed by atoms with Gasteiger partial charge >= 0.3 is 0 Å². The van der Waals surface area contributed by atoms with Crippen molar-refractivity contribution in [3.05, 3.63) is 58.9 Å². The van der Waals surface area contributed by atoms with Crippen LogP contribution in [0, 0.1) is 5.82 Å². The number of hydrogen-bond acceptors (Lipinski definition) is 4. The van der Waals surface area contributed by atoms with Crippen LogP contribution in [-0.4, -0.2) is 45.8 Å². The Morgan fingerprint density at radius 3 is 3.04 bits per heavy atom. The van der Waals surface area contributed by atoms with Crippen LogP contribution in [-0.2, 0) is 13.0 Å². The second-order valence-electron chi connectivity index (χ2n) is 6.85. The van der Waals surface area contributed by atoms with Gasteiger partial charge in [-0.1, -0.05) is 6.07 Å². The molecule has 1 aromatic carbocycles. The number of carbonyl (C=O) groups is 1. The summed E-state index contributed by atoms with van der Waals surface area (Å²) in [4.78, 5) is 26.2. The van der Waals surface area contributed by atoms with Gasteiger partial charge in [0, 0.05) is 49.1 Å². The molecule has 1 saturated heterocycles. The molecule has 25 heavy (non-hydrogen) atoms. The largest absolute Gasteiger partial charge is 0.328 e. The SMILES string of the molecule is CN1CCc2nc([C@@H]3CCCN3C(=O)c3cccc(F)c3)ncc2C1. The van der Waals surface area contributed by atoms with Crippen molar-refractivity contribution in [1.29, 1.82) is 0 Å². The number of nitrogens with zero attached hydrogens (tertiary/aromatic N) is 4. The zero-order valence-corrected chi connectivity index (χ0v) is 14.3. The Labute approximate surface area is 146 Å². The van der Waals surface area contributed by atoms with Crippen LogP contribution in [0.25, 0.3) is 0 Å². The summed E-state index contributed by atoms with van der Waals surface area (Å²) in [6, 6.07) is 5.74. The van der Waals surface area contributed by atoms with Crippen LogP contribution in [0.3, 0.4) is 0 Å². The third kappa shape index (κ3) is 3.14. The van der Waals surface area contributed by atoms with Crippen LogP contribution in [0.15, 0.2) is 30.5 Å². The van der Waals surface area contributed by atoms with E-state index in [0.717, 1.165) is 38.0 Å². The predicted molar refractivity (Wildman–Crippen MR) is 91.5 cm³/mol. The van der Waals surface area contributed by atoms with Crippen molar-refractivity contribution in [3.63, 3.8) is 0 Å². The van der Waals surface area contributed by atoms with Crippen LogP contribution in [0.1, 0.15) is 46.3 Å². The van der Waals surface area contributed by atoms with E-state index in [-0.39, 0.29) is 11.9 Å². The van der Waals surface area contributed by atoms with Gasteiger partial charge in [-0.05, 0) is 38.1 Å². The van der Waals surface area contributed by atoms with Gasteiger partial charge in [-0.3, -0.25) is 4.79 Å². The van der Waals surface area contributed by atoms with Gasteiger partial charge in [0.15, 0.2) is 5.82 Å². The highest BCUT2D eigenvalue weighted by Crippen LogP contribution is 2.32. The lowest BCUT2D eigenvalue weighted by molar-refractivity contribution is 0.0729. The second-order valence-corrected chi connectivity index (χ2v) is 6.85. The summed E-state index contributed by atoms with van der Waals surface area (Å²) in [5.74, 6) is 0.171. The zero-order chi connectivity index (χ0) is 17.4. The van der Waals surface area contributed by atoms with E-state index in [9.17, 15) is 9.18 Å². The number of amides is 1. The first-order valence-electron chi connectivity index (χ1n) is 8.71. The molecule has 2 aromatic rings. The minimum Gasteiger partial charge on any atom is -0.328 e. The Balaban J connectivity index is 1.60. The maximum atomic E-state index is 13.5. The van der Waals surface area contributed by atoms with Gasteiger partial charge in [0.2, 0.25) is 0 Å². The van der Waals surface area contributed by atoms with E-state index in [0.29, 0.717) is 17.9 Å². The molecule has 1 aromatic heterocycles. The minimum atomic E-state index is -0.393. The minimum absolute atomic E-state index is 0.124. The standard InChI is InChI=1S/C19H21FN4O/c1-23-9-7-16-14(12-23)11-21-18(22-16)17-6-3-8-24(17)19(25)13-4-2-5-15(20)10-13/h2,4-5,10-11,17H,3,6-9,12H2,1H3/t17-/m0/s1. The molecular weight excluding hydrogens is 319 g/mol. The molecule has 3 heterocycles. The fourth-order valence-corrected chi connectivity index (χ4v) is 3.70. The average molecular weight is 340 g/mol. The number of halogens is 1.